The molecule has 0 aliphatic rings. The molecule has 0 N–H and O–H groups in total. The molecule has 0 aromatic rings. The van der Waals surface area contributed by atoms with E-state index in [1.165, 1.54) is 12.8 Å². The average Bonchev–Trinajstić information content (AvgIpc) is 2.50. The highest BCUT2D eigenvalue weighted by Crippen LogP contribution is 2.32. The summed E-state index contributed by atoms with van der Waals surface area (Å²) in [6.07, 6.45) is 10.4. The lowest BCUT2D eigenvalue weighted by Crippen LogP contribution is -2.41. The van der Waals surface area contributed by atoms with Gasteiger partial charge in [0.2, 0.25) is 0 Å². The maximum atomic E-state index is 12.3. The molecule has 126 valence electrons. The van der Waals surface area contributed by atoms with Gasteiger partial charge in [-0.05, 0) is 39.5 Å². The molecular weight excluding hydrogens is 280 g/mol. The molecule has 0 fully saturated rings. The van der Waals surface area contributed by atoms with Gasteiger partial charge < -0.3 is 9.47 Å². The van der Waals surface area contributed by atoms with Crippen LogP contribution in [0.15, 0.2) is 24.8 Å². The molecule has 0 saturated carbocycles. The zero-order valence-electron chi connectivity index (χ0n) is 14.2. The molecule has 4 nitrogen and oxygen atoms in total. The van der Waals surface area contributed by atoms with Crippen molar-refractivity contribution < 1.29 is 19.1 Å². The van der Waals surface area contributed by atoms with Crippen LogP contribution < -0.4 is 0 Å². The van der Waals surface area contributed by atoms with Crippen LogP contribution in [-0.4, -0.2) is 25.2 Å². The molecule has 0 spiro atoms. The first-order valence-corrected chi connectivity index (χ1v) is 8.19. The summed E-state index contributed by atoms with van der Waals surface area (Å²) in [6, 6.07) is 0. The van der Waals surface area contributed by atoms with Crippen molar-refractivity contribution in [3.05, 3.63) is 24.8 Å². The lowest BCUT2D eigenvalue weighted by atomic mass is 9.80. The Morgan fingerprint density at radius 1 is 0.955 bits per heavy atom. The molecule has 0 aromatic heterocycles. The summed E-state index contributed by atoms with van der Waals surface area (Å²) in [5.74, 6) is -1.07. The summed E-state index contributed by atoms with van der Waals surface area (Å²) in [5, 5.41) is 0. The van der Waals surface area contributed by atoms with Crippen LogP contribution >= 0.6 is 0 Å². The van der Waals surface area contributed by atoms with Gasteiger partial charge in [0.1, 0.15) is 0 Å². The van der Waals surface area contributed by atoms with Gasteiger partial charge in [0.15, 0.2) is 5.41 Å². The summed E-state index contributed by atoms with van der Waals surface area (Å²) >= 11 is 0. The summed E-state index contributed by atoms with van der Waals surface area (Å²) in [7, 11) is 0. The molecule has 0 atom stereocenters. The number of esters is 2. The molecule has 0 heterocycles. The Balaban J connectivity index is 5.05. The van der Waals surface area contributed by atoms with Crippen LogP contribution in [0.2, 0.25) is 0 Å². The van der Waals surface area contributed by atoms with Gasteiger partial charge in [0, 0.05) is 0 Å². The Kier molecular flexibility index (Phi) is 11.2. The van der Waals surface area contributed by atoms with Gasteiger partial charge >= 0.3 is 11.9 Å². The number of unbranched alkanes of at least 4 members (excludes halogenated alkanes) is 3. The SMILES string of the molecule is C=CCC(C/C=C/CCCCC)(C(=O)OCC)C(=O)OCC. The first-order valence-electron chi connectivity index (χ1n) is 8.19. The minimum absolute atomic E-state index is 0.212. The molecule has 0 rings (SSSR count). The van der Waals surface area contributed by atoms with E-state index in [2.05, 4.69) is 13.5 Å². The highest BCUT2D eigenvalue weighted by Gasteiger charge is 2.46. The van der Waals surface area contributed by atoms with Crippen molar-refractivity contribution in [3.63, 3.8) is 0 Å². The molecule has 0 saturated heterocycles. The molecule has 0 bridgehead atoms. The number of hydrogen-bond donors (Lipinski definition) is 0. The number of rotatable bonds is 12. The van der Waals surface area contributed by atoms with Crippen LogP contribution in [0, 0.1) is 5.41 Å². The fraction of sp³-hybridized carbons (Fsp3) is 0.667. The van der Waals surface area contributed by atoms with Crippen molar-refractivity contribution in [2.24, 2.45) is 5.41 Å². The third-order valence-electron chi connectivity index (χ3n) is 3.43. The van der Waals surface area contributed by atoms with E-state index in [1.807, 2.05) is 12.2 Å². The Morgan fingerprint density at radius 2 is 1.55 bits per heavy atom. The zero-order chi connectivity index (χ0) is 16.8. The first-order chi connectivity index (χ1) is 10.6. The number of ether oxygens (including phenoxy) is 2. The van der Waals surface area contributed by atoms with Gasteiger partial charge in [-0.3, -0.25) is 9.59 Å². The van der Waals surface area contributed by atoms with E-state index in [0.717, 1.165) is 12.8 Å². The molecule has 0 unspecified atom stereocenters. The summed E-state index contributed by atoms with van der Waals surface area (Å²) in [4.78, 5) is 24.7. The average molecular weight is 310 g/mol. The zero-order valence-corrected chi connectivity index (χ0v) is 14.2. The monoisotopic (exact) mass is 310 g/mol. The number of hydrogen-bond acceptors (Lipinski definition) is 4. The second-order valence-electron chi connectivity index (χ2n) is 5.19. The van der Waals surface area contributed by atoms with E-state index in [4.69, 9.17) is 9.47 Å². The van der Waals surface area contributed by atoms with E-state index in [1.54, 1.807) is 19.9 Å². The van der Waals surface area contributed by atoms with Gasteiger partial charge in [-0.15, -0.1) is 6.58 Å². The second kappa shape index (κ2) is 12.0. The van der Waals surface area contributed by atoms with Crippen molar-refractivity contribution in [2.75, 3.05) is 13.2 Å². The molecular formula is C18H30O4. The topological polar surface area (TPSA) is 52.6 Å². The van der Waals surface area contributed by atoms with Crippen molar-refractivity contribution in [2.45, 2.75) is 59.3 Å². The third-order valence-corrected chi connectivity index (χ3v) is 3.43. The molecule has 4 heteroatoms. The van der Waals surface area contributed by atoms with Crippen LogP contribution in [0.5, 0.6) is 0 Å². The predicted molar refractivity (Wildman–Crippen MR) is 88.4 cm³/mol. The largest absolute Gasteiger partial charge is 0.465 e. The Hall–Kier alpha value is -1.58. The van der Waals surface area contributed by atoms with Gasteiger partial charge in [0.05, 0.1) is 13.2 Å². The number of allylic oxidation sites excluding steroid dienone is 3. The van der Waals surface area contributed by atoms with Crippen LogP contribution in [0.25, 0.3) is 0 Å². The van der Waals surface area contributed by atoms with Gasteiger partial charge in [-0.25, -0.2) is 0 Å². The van der Waals surface area contributed by atoms with E-state index in [9.17, 15) is 9.59 Å². The van der Waals surface area contributed by atoms with Gasteiger partial charge in [-0.2, -0.15) is 0 Å². The maximum Gasteiger partial charge on any atom is 0.324 e. The molecule has 0 radical (unpaired) electrons. The second-order valence-corrected chi connectivity index (χ2v) is 5.19. The molecule has 0 aliphatic heterocycles. The fourth-order valence-corrected chi connectivity index (χ4v) is 2.20. The minimum Gasteiger partial charge on any atom is -0.465 e. The van der Waals surface area contributed by atoms with Crippen LogP contribution in [0.3, 0.4) is 0 Å². The van der Waals surface area contributed by atoms with Crippen LogP contribution in [0.1, 0.15) is 59.3 Å². The molecule has 0 aliphatic carbocycles. The Labute approximate surface area is 134 Å². The minimum atomic E-state index is -1.31. The summed E-state index contributed by atoms with van der Waals surface area (Å²) in [6.45, 7) is 9.73. The highest BCUT2D eigenvalue weighted by atomic mass is 16.6. The number of carbonyl (C=O) groups excluding carboxylic acids is 2. The lowest BCUT2D eigenvalue weighted by molar-refractivity contribution is -0.171. The van der Waals surface area contributed by atoms with E-state index < -0.39 is 17.4 Å². The maximum absolute atomic E-state index is 12.3. The quantitative estimate of drug-likeness (QED) is 0.235. The summed E-state index contributed by atoms with van der Waals surface area (Å²) < 4.78 is 10.2. The van der Waals surface area contributed by atoms with Crippen LogP contribution in [0.4, 0.5) is 0 Å². The van der Waals surface area contributed by atoms with E-state index in [-0.39, 0.29) is 26.1 Å². The highest BCUT2D eigenvalue weighted by molar-refractivity contribution is 6.00. The van der Waals surface area contributed by atoms with Crippen molar-refractivity contribution in [3.8, 4) is 0 Å². The fourth-order valence-electron chi connectivity index (χ4n) is 2.20. The standard InChI is InChI=1S/C18H30O4/c1-5-9-10-11-12-13-15-18(14-6-2,16(19)21-7-3)17(20)22-8-4/h6,12-13H,2,5,7-11,14-15H2,1,3-4H3/b13-12+. The third kappa shape index (κ3) is 6.46. The van der Waals surface area contributed by atoms with Crippen LogP contribution in [-0.2, 0) is 19.1 Å². The first kappa shape index (κ1) is 20.4. The lowest BCUT2D eigenvalue weighted by Gasteiger charge is -2.26. The van der Waals surface area contributed by atoms with E-state index in [0.29, 0.717) is 0 Å². The van der Waals surface area contributed by atoms with E-state index >= 15 is 0 Å². The molecule has 0 aromatic carbocycles. The Bertz CT molecular complexity index is 353. The summed E-state index contributed by atoms with van der Waals surface area (Å²) in [5.41, 5.74) is -1.31. The van der Waals surface area contributed by atoms with Crippen molar-refractivity contribution >= 4 is 11.9 Å². The molecule has 0 amide bonds. The number of carbonyl (C=O) groups is 2. The van der Waals surface area contributed by atoms with Gasteiger partial charge in [-0.1, -0.05) is 38.0 Å². The predicted octanol–water partition coefficient (Wildman–Crippen LogP) is 4.20. The smallest absolute Gasteiger partial charge is 0.324 e. The Morgan fingerprint density at radius 3 is 2.00 bits per heavy atom. The van der Waals surface area contributed by atoms with Crippen molar-refractivity contribution in [1.29, 1.82) is 0 Å². The molecule has 22 heavy (non-hydrogen) atoms. The van der Waals surface area contributed by atoms with Gasteiger partial charge in [0.25, 0.3) is 0 Å². The normalized spacial score (nSPS) is 11.4. The van der Waals surface area contributed by atoms with Crippen molar-refractivity contribution in [1.82, 2.24) is 0 Å².